The van der Waals surface area contributed by atoms with E-state index < -0.39 is 11.0 Å². The molecule has 0 radical (unpaired) electrons. The monoisotopic (exact) mass is 352 g/mol. The van der Waals surface area contributed by atoms with E-state index >= 15 is 0 Å². The van der Waals surface area contributed by atoms with E-state index in [-0.39, 0.29) is 10.8 Å². The van der Waals surface area contributed by atoms with Crippen LogP contribution in [0, 0.1) is 0 Å². The van der Waals surface area contributed by atoms with Crippen LogP contribution in [0.5, 0.6) is 11.5 Å². The zero-order valence-corrected chi connectivity index (χ0v) is 15.6. The minimum atomic E-state index is -1.09. The molecular weight excluding hydrogens is 328 g/mol. The Labute approximate surface area is 144 Å². The number of rotatable bonds is 4. The molecule has 3 rings (SSSR count). The van der Waals surface area contributed by atoms with Gasteiger partial charge in [0.25, 0.3) is 0 Å². The molecule has 1 saturated heterocycles. The van der Waals surface area contributed by atoms with E-state index in [4.69, 9.17) is 14.0 Å². The first-order valence-corrected chi connectivity index (χ1v) is 9.17. The van der Waals surface area contributed by atoms with E-state index in [9.17, 15) is 4.21 Å². The highest BCUT2D eigenvalue weighted by atomic mass is 32.2. The SMILES string of the molecule is COc1cc2onc([C@H]3CCCN3S(=O)C(C)(C)C)c2cc1OC. The summed E-state index contributed by atoms with van der Waals surface area (Å²) in [5, 5.41) is 5.17. The highest BCUT2D eigenvalue weighted by Gasteiger charge is 2.38. The Balaban J connectivity index is 2.04. The molecule has 1 unspecified atom stereocenters. The van der Waals surface area contributed by atoms with Crippen molar-refractivity contribution in [1.82, 2.24) is 9.46 Å². The zero-order valence-electron chi connectivity index (χ0n) is 14.8. The van der Waals surface area contributed by atoms with Crippen molar-refractivity contribution >= 4 is 22.0 Å². The summed E-state index contributed by atoms with van der Waals surface area (Å²) in [5.74, 6) is 1.24. The van der Waals surface area contributed by atoms with Crippen molar-refractivity contribution in [2.45, 2.75) is 44.4 Å². The standard InChI is InChI=1S/C17H24N2O4S/c1-17(2,3)24(20)19-8-6-7-12(19)16-11-9-14(21-4)15(22-5)10-13(11)23-18-16/h9-10,12H,6-8H2,1-5H3/t12-,24?/m1/s1. The molecule has 0 bridgehead atoms. The van der Waals surface area contributed by atoms with Gasteiger partial charge in [-0.15, -0.1) is 0 Å². The van der Waals surface area contributed by atoms with E-state index in [1.165, 1.54) is 0 Å². The maximum atomic E-state index is 12.9. The Kier molecular flexibility index (Phi) is 4.57. The quantitative estimate of drug-likeness (QED) is 0.843. The fourth-order valence-corrected chi connectivity index (χ4v) is 4.52. The van der Waals surface area contributed by atoms with Gasteiger partial charge in [0.05, 0.1) is 30.4 Å². The summed E-state index contributed by atoms with van der Waals surface area (Å²) in [6, 6.07) is 3.66. The van der Waals surface area contributed by atoms with Gasteiger partial charge < -0.3 is 14.0 Å². The third-order valence-corrected chi connectivity index (χ3v) is 6.17. The smallest absolute Gasteiger partial charge is 0.171 e. The van der Waals surface area contributed by atoms with Crippen molar-refractivity contribution < 1.29 is 18.2 Å². The van der Waals surface area contributed by atoms with E-state index in [0.29, 0.717) is 17.1 Å². The van der Waals surface area contributed by atoms with Gasteiger partial charge in [0, 0.05) is 12.6 Å². The lowest BCUT2D eigenvalue weighted by molar-refractivity contribution is 0.354. The third kappa shape index (κ3) is 2.91. The average Bonchev–Trinajstić information content (AvgIpc) is 3.17. The molecule has 0 amide bonds. The van der Waals surface area contributed by atoms with Crippen molar-refractivity contribution in [2.75, 3.05) is 20.8 Å². The summed E-state index contributed by atoms with van der Waals surface area (Å²) in [6.07, 6.45) is 1.91. The molecule has 24 heavy (non-hydrogen) atoms. The average molecular weight is 352 g/mol. The number of fused-ring (bicyclic) bond motifs is 1. The Bertz CT molecular complexity index is 766. The van der Waals surface area contributed by atoms with Gasteiger partial charge in [-0.3, -0.25) is 0 Å². The first-order chi connectivity index (χ1) is 11.4. The molecule has 7 heteroatoms. The maximum Gasteiger partial charge on any atom is 0.171 e. The molecule has 0 aliphatic carbocycles. The fraction of sp³-hybridized carbons (Fsp3) is 0.588. The number of hydrogen-bond acceptors (Lipinski definition) is 5. The van der Waals surface area contributed by atoms with Crippen LogP contribution in [0.4, 0.5) is 0 Å². The van der Waals surface area contributed by atoms with Crippen LogP contribution in [0.3, 0.4) is 0 Å². The molecule has 0 spiro atoms. The Morgan fingerprint density at radius 2 is 1.92 bits per heavy atom. The second kappa shape index (κ2) is 6.37. The number of nitrogens with zero attached hydrogens (tertiary/aromatic N) is 2. The topological polar surface area (TPSA) is 64.8 Å². The van der Waals surface area contributed by atoms with Gasteiger partial charge in [0.2, 0.25) is 0 Å². The van der Waals surface area contributed by atoms with Crippen molar-refractivity contribution in [3.8, 4) is 11.5 Å². The fourth-order valence-electron chi connectivity index (χ4n) is 3.09. The zero-order chi connectivity index (χ0) is 17.5. The van der Waals surface area contributed by atoms with Gasteiger partial charge in [0.15, 0.2) is 17.1 Å². The summed E-state index contributed by atoms with van der Waals surface area (Å²) in [7, 11) is 2.11. The number of hydrogen-bond donors (Lipinski definition) is 0. The lowest BCUT2D eigenvalue weighted by atomic mass is 10.1. The van der Waals surface area contributed by atoms with Crippen molar-refractivity contribution in [1.29, 1.82) is 0 Å². The minimum absolute atomic E-state index is 0.00981. The molecule has 2 atom stereocenters. The van der Waals surface area contributed by atoms with Crippen LogP contribution in [0.25, 0.3) is 11.0 Å². The normalized spacial score (nSPS) is 20.5. The minimum Gasteiger partial charge on any atom is -0.493 e. The summed E-state index contributed by atoms with van der Waals surface area (Å²) in [5.41, 5.74) is 1.47. The van der Waals surface area contributed by atoms with Gasteiger partial charge in [0.1, 0.15) is 16.7 Å². The second-order valence-electron chi connectivity index (χ2n) is 6.93. The molecule has 1 aliphatic rings. The van der Waals surface area contributed by atoms with Crippen LogP contribution < -0.4 is 9.47 Å². The highest BCUT2D eigenvalue weighted by Crippen LogP contribution is 2.41. The Morgan fingerprint density at radius 3 is 2.54 bits per heavy atom. The molecule has 1 aromatic heterocycles. The summed E-state index contributed by atoms with van der Waals surface area (Å²) in [6.45, 7) is 6.78. The lowest BCUT2D eigenvalue weighted by Crippen LogP contribution is -2.37. The predicted octanol–water partition coefficient (Wildman–Crippen LogP) is 3.44. The first kappa shape index (κ1) is 17.2. The van der Waals surface area contributed by atoms with Crippen LogP contribution in [0.1, 0.15) is 45.3 Å². The van der Waals surface area contributed by atoms with Crippen molar-refractivity contribution in [3.63, 3.8) is 0 Å². The predicted molar refractivity (Wildman–Crippen MR) is 93.7 cm³/mol. The summed E-state index contributed by atoms with van der Waals surface area (Å²) < 4.78 is 30.8. The molecule has 0 N–H and O–H groups in total. The highest BCUT2D eigenvalue weighted by molar-refractivity contribution is 7.84. The van der Waals surface area contributed by atoms with Gasteiger partial charge in [-0.05, 0) is 39.7 Å². The van der Waals surface area contributed by atoms with E-state index in [0.717, 1.165) is 30.5 Å². The number of benzene rings is 1. The number of ether oxygens (including phenoxy) is 2. The van der Waals surface area contributed by atoms with Crippen LogP contribution in [0.2, 0.25) is 0 Å². The van der Waals surface area contributed by atoms with Gasteiger partial charge in [-0.1, -0.05) is 5.16 Å². The van der Waals surface area contributed by atoms with Crippen LogP contribution in [-0.4, -0.2) is 39.2 Å². The number of methoxy groups -OCH3 is 2. The van der Waals surface area contributed by atoms with E-state index in [1.54, 1.807) is 20.3 Å². The largest absolute Gasteiger partial charge is 0.493 e. The summed E-state index contributed by atoms with van der Waals surface area (Å²) in [4.78, 5) is 0. The molecule has 132 valence electrons. The van der Waals surface area contributed by atoms with Crippen LogP contribution in [-0.2, 0) is 11.0 Å². The molecule has 6 nitrogen and oxygen atoms in total. The summed E-state index contributed by atoms with van der Waals surface area (Å²) >= 11 is 0. The van der Waals surface area contributed by atoms with Gasteiger partial charge in [-0.2, -0.15) is 0 Å². The Morgan fingerprint density at radius 1 is 1.25 bits per heavy atom. The van der Waals surface area contributed by atoms with Crippen molar-refractivity contribution in [2.24, 2.45) is 0 Å². The maximum absolute atomic E-state index is 12.9. The molecule has 1 aromatic carbocycles. The molecule has 1 aliphatic heterocycles. The van der Waals surface area contributed by atoms with E-state index in [1.807, 2.05) is 31.1 Å². The molecule has 0 saturated carbocycles. The Hall–Kier alpha value is -1.60. The van der Waals surface area contributed by atoms with Crippen molar-refractivity contribution in [3.05, 3.63) is 17.8 Å². The van der Waals surface area contributed by atoms with Crippen LogP contribution >= 0.6 is 0 Å². The third-order valence-electron chi connectivity index (χ3n) is 4.26. The molecular formula is C17H24N2O4S. The number of aromatic nitrogens is 1. The second-order valence-corrected chi connectivity index (χ2v) is 9.12. The van der Waals surface area contributed by atoms with Gasteiger partial charge in [-0.25, -0.2) is 8.51 Å². The lowest BCUT2D eigenvalue weighted by Gasteiger charge is -2.29. The molecule has 2 aromatic rings. The van der Waals surface area contributed by atoms with Gasteiger partial charge >= 0.3 is 0 Å². The molecule has 1 fully saturated rings. The first-order valence-electron chi connectivity index (χ1n) is 8.06. The molecule has 2 heterocycles. The van der Waals surface area contributed by atoms with Crippen LogP contribution in [0.15, 0.2) is 16.7 Å². The van der Waals surface area contributed by atoms with E-state index in [2.05, 4.69) is 5.16 Å².